The lowest BCUT2D eigenvalue weighted by Crippen LogP contribution is -2.21. The van der Waals surface area contributed by atoms with Crippen LogP contribution < -0.4 is 16.2 Å². The van der Waals surface area contributed by atoms with Gasteiger partial charge in [-0.25, -0.2) is 4.79 Å². The molecule has 1 fully saturated rings. The highest BCUT2D eigenvalue weighted by molar-refractivity contribution is 5.93. The standard InChI is InChI=1S/C18H24N2O4/c1-11(2)23-17(20)16(18(21)22-3)15(10-19)24-14-6-4-5-13(9-14)12-7-8-12/h4-6,9-12H,7-8,19-20H2,1-3H3/b15-10+,17-16-. The summed E-state index contributed by atoms with van der Waals surface area (Å²) >= 11 is 0. The molecular weight excluding hydrogens is 308 g/mol. The minimum absolute atomic E-state index is 0.0366. The summed E-state index contributed by atoms with van der Waals surface area (Å²) in [7, 11) is 1.26. The molecule has 4 N–H and O–H groups in total. The molecule has 1 saturated carbocycles. The van der Waals surface area contributed by atoms with Crippen LogP contribution in [0, 0.1) is 0 Å². The lowest BCUT2D eigenvalue weighted by atomic mass is 10.1. The van der Waals surface area contributed by atoms with E-state index in [-0.39, 0.29) is 23.3 Å². The number of rotatable bonds is 7. The molecular formula is C18H24N2O4. The van der Waals surface area contributed by atoms with Crippen molar-refractivity contribution in [2.24, 2.45) is 11.5 Å². The molecule has 1 aliphatic rings. The van der Waals surface area contributed by atoms with Crippen LogP contribution >= 0.6 is 0 Å². The van der Waals surface area contributed by atoms with E-state index in [1.54, 1.807) is 19.9 Å². The molecule has 0 aliphatic heterocycles. The molecule has 0 amide bonds. The number of nitrogens with two attached hydrogens (primary N) is 2. The monoisotopic (exact) mass is 332 g/mol. The van der Waals surface area contributed by atoms with Crippen LogP contribution in [-0.2, 0) is 14.3 Å². The molecule has 0 unspecified atom stereocenters. The maximum atomic E-state index is 12.1. The van der Waals surface area contributed by atoms with Gasteiger partial charge in [-0.3, -0.25) is 0 Å². The van der Waals surface area contributed by atoms with Crippen LogP contribution in [0.5, 0.6) is 5.75 Å². The van der Waals surface area contributed by atoms with E-state index in [4.69, 9.17) is 25.7 Å². The van der Waals surface area contributed by atoms with Gasteiger partial charge in [-0.15, -0.1) is 0 Å². The van der Waals surface area contributed by atoms with Gasteiger partial charge in [0.05, 0.1) is 13.2 Å². The van der Waals surface area contributed by atoms with Crippen LogP contribution in [0.4, 0.5) is 0 Å². The number of ether oxygens (including phenoxy) is 3. The predicted octanol–water partition coefficient (Wildman–Crippen LogP) is 2.51. The summed E-state index contributed by atoms with van der Waals surface area (Å²) in [5.41, 5.74) is 12.7. The molecule has 0 bridgehead atoms. The molecule has 130 valence electrons. The molecule has 0 atom stereocenters. The summed E-state index contributed by atoms with van der Waals surface area (Å²) in [6.07, 6.45) is 3.34. The first-order valence-electron chi connectivity index (χ1n) is 7.91. The molecule has 1 aromatic carbocycles. The van der Waals surface area contributed by atoms with Crippen molar-refractivity contribution in [1.82, 2.24) is 0 Å². The van der Waals surface area contributed by atoms with E-state index < -0.39 is 5.97 Å². The van der Waals surface area contributed by atoms with E-state index in [1.165, 1.54) is 31.7 Å². The zero-order chi connectivity index (χ0) is 17.7. The second-order valence-electron chi connectivity index (χ2n) is 5.88. The average molecular weight is 332 g/mol. The highest BCUT2D eigenvalue weighted by Crippen LogP contribution is 2.41. The number of benzene rings is 1. The summed E-state index contributed by atoms with van der Waals surface area (Å²) in [6, 6.07) is 7.70. The Balaban J connectivity index is 2.29. The molecule has 6 heteroatoms. The first kappa shape index (κ1) is 17.7. The van der Waals surface area contributed by atoms with Gasteiger partial charge in [0, 0.05) is 6.20 Å². The molecule has 0 aromatic heterocycles. The Morgan fingerprint density at radius 1 is 1.33 bits per heavy atom. The molecule has 1 aromatic rings. The minimum Gasteiger partial charge on any atom is -0.476 e. The van der Waals surface area contributed by atoms with E-state index in [9.17, 15) is 4.79 Å². The number of hydrogen-bond donors (Lipinski definition) is 2. The van der Waals surface area contributed by atoms with Gasteiger partial charge < -0.3 is 25.7 Å². The van der Waals surface area contributed by atoms with Gasteiger partial charge in [-0.2, -0.15) is 0 Å². The van der Waals surface area contributed by atoms with Gasteiger partial charge in [-0.1, -0.05) is 12.1 Å². The van der Waals surface area contributed by atoms with Crippen molar-refractivity contribution in [2.75, 3.05) is 7.11 Å². The summed E-state index contributed by atoms with van der Waals surface area (Å²) in [4.78, 5) is 12.1. The second-order valence-corrected chi connectivity index (χ2v) is 5.88. The van der Waals surface area contributed by atoms with Crippen molar-refractivity contribution in [3.8, 4) is 5.75 Å². The molecule has 0 spiro atoms. The van der Waals surface area contributed by atoms with Gasteiger partial charge in [-0.05, 0) is 50.3 Å². The van der Waals surface area contributed by atoms with Crippen LogP contribution in [0.3, 0.4) is 0 Å². The number of methoxy groups -OCH3 is 1. The van der Waals surface area contributed by atoms with E-state index in [1.807, 2.05) is 12.1 Å². The van der Waals surface area contributed by atoms with Crippen LogP contribution in [0.25, 0.3) is 0 Å². The zero-order valence-corrected chi connectivity index (χ0v) is 14.2. The maximum absolute atomic E-state index is 12.1. The predicted molar refractivity (Wildman–Crippen MR) is 90.8 cm³/mol. The number of carbonyl (C=O) groups excluding carboxylic acids is 1. The quantitative estimate of drug-likeness (QED) is 0.345. The fourth-order valence-corrected chi connectivity index (χ4v) is 2.28. The number of carbonyl (C=O) groups is 1. The van der Waals surface area contributed by atoms with Crippen molar-refractivity contribution in [1.29, 1.82) is 0 Å². The Labute approximate surface area is 142 Å². The Morgan fingerprint density at radius 3 is 2.58 bits per heavy atom. The van der Waals surface area contributed by atoms with Crippen LogP contribution in [0.1, 0.15) is 38.2 Å². The van der Waals surface area contributed by atoms with Crippen LogP contribution in [0.15, 0.2) is 47.7 Å². The Bertz CT molecular complexity index is 661. The molecule has 2 rings (SSSR count). The lowest BCUT2D eigenvalue weighted by Gasteiger charge is -2.16. The molecule has 24 heavy (non-hydrogen) atoms. The molecule has 0 heterocycles. The first-order chi connectivity index (χ1) is 11.5. The van der Waals surface area contributed by atoms with E-state index in [0.717, 1.165) is 0 Å². The van der Waals surface area contributed by atoms with Crippen molar-refractivity contribution >= 4 is 5.97 Å². The molecule has 6 nitrogen and oxygen atoms in total. The summed E-state index contributed by atoms with van der Waals surface area (Å²) in [5, 5.41) is 0. The van der Waals surface area contributed by atoms with Gasteiger partial charge in [0.1, 0.15) is 5.75 Å². The number of hydrogen-bond acceptors (Lipinski definition) is 6. The molecule has 0 radical (unpaired) electrons. The third-order valence-corrected chi connectivity index (χ3v) is 3.53. The summed E-state index contributed by atoms with van der Waals surface area (Å²) in [6.45, 7) is 3.60. The van der Waals surface area contributed by atoms with E-state index >= 15 is 0 Å². The van der Waals surface area contributed by atoms with Gasteiger partial charge in [0.25, 0.3) is 0 Å². The molecule has 1 aliphatic carbocycles. The molecule has 0 saturated heterocycles. The third kappa shape index (κ3) is 4.44. The van der Waals surface area contributed by atoms with E-state index in [2.05, 4.69) is 6.07 Å². The van der Waals surface area contributed by atoms with Crippen LogP contribution in [-0.4, -0.2) is 19.2 Å². The normalized spacial score (nSPS) is 15.8. The summed E-state index contributed by atoms with van der Waals surface area (Å²) < 4.78 is 16.0. The highest BCUT2D eigenvalue weighted by Gasteiger charge is 2.26. The topological polar surface area (TPSA) is 96.8 Å². The lowest BCUT2D eigenvalue weighted by molar-refractivity contribution is -0.136. The van der Waals surface area contributed by atoms with Gasteiger partial charge >= 0.3 is 5.97 Å². The minimum atomic E-state index is -0.678. The van der Waals surface area contributed by atoms with Crippen LogP contribution in [0.2, 0.25) is 0 Å². The Kier molecular flexibility index (Phi) is 5.73. The maximum Gasteiger partial charge on any atom is 0.347 e. The number of esters is 1. The summed E-state index contributed by atoms with van der Waals surface area (Å²) in [5.74, 6) is 0.488. The van der Waals surface area contributed by atoms with Crippen molar-refractivity contribution in [3.05, 3.63) is 53.2 Å². The van der Waals surface area contributed by atoms with Gasteiger partial charge in [0.2, 0.25) is 5.88 Å². The Morgan fingerprint density at radius 2 is 2.04 bits per heavy atom. The fraction of sp³-hybridized carbons (Fsp3) is 0.389. The van der Waals surface area contributed by atoms with Crippen molar-refractivity contribution < 1.29 is 19.0 Å². The van der Waals surface area contributed by atoms with Gasteiger partial charge in [0.15, 0.2) is 11.3 Å². The largest absolute Gasteiger partial charge is 0.476 e. The van der Waals surface area contributed by atoms with E-state index in [0.29, 0.717) is 11.7 Å². The van der Waals surface area contributed by atoms with Crippen molar-refractivity contribution in [3.63, 3.8) is 0 Å². The SMILES string of the molecule is COC(=O)C(=C(/N)OC(C)C)/C(=C\N)Oc1cccc(C2CC2)c1. The second kappa shape index (κ2) is 7.77. The average Bonchev–Trinajstić information content (AvgIpc) is 3.38. The van der Waals surface area contributed by atoms with Crippen molar-refractivity contribution in [2.45, 2.75) is 38.7 Å². The highest BCUT2D eigenvalue weighted by atomic mass is 16.5. The Hall–Kier alpha value is -2.63. The fourth-order valence-electron chi connectivity index (χ4n) is 2.28. The smallest absolute Gasteiger partial charge is 0.347 e. The zero-order valence-electron chi connectivity index (χ0n) is 14.2. The third-order valence-electron chi connectivity index (χ3n) is 3.53. The first-order valence-corrected chi connectivity index (χ1v) is 7.91.